The molecule has 30 heavy (non-hydrogen) atoms. The minimum Gasteiger partial charge on any atom is -0.364 e. The van der Waals surface area contributed by atoms with Gasteiger partial charge in [-0.25, -0.2) is 26.0 Å². The van der Waals surface area contributed by atoms with Crippen LogP contribution in [-0.4, -0.2) is 66.1 Å². The molecule has 2 heterocycles. The lowest BCUT2D eigenvalue weighted by Crippen LogP contribution is -2.54. The van der Waals surface area contributed by atoms with E-state index in [4.69, 9.17) is 11.6 Å². The summed E-state index contributed by atoms with van der Waals surface area (Å²) in [5.74, 6) is -2.00. The number of carbonyl (C=O) groups is 1. The molecule has 13 heteroatoms. The zero-order valence-corrected chi connectivity index (χ0v) is 17.0. The molecule has 3 rings (SSSR count). The van der Waals surface area contributed by atoms with Gasteiger partial charge in [0.05, 0.1) is 4.90 Å². The number of hydrogen-bond acceptors (Lipinski definition) is 5. The predicted molar refractivity (Wildman–Crippen MR) is 98.8 cm³/mol. The van der Waals surface area contributed by atoms with Crippen molar-refractivity contribution < 1.29 is 35.9 Å². The van der Waals surface area contributed by atoms with E-state index in [1.165, 1.54) is 24.3 Å². The van der Waals surface area contributed by atoms with Gasteiger partial charge in [-0.05, 0) is 37.1 Å². The van der Waals surface area contributed by atoms with Gasteiger partial charge in [-0.3, -0.25) is 4.79 Å². The molecular weight excluding hydrogens is 454 g/mol. The third kappa shape index (κ3) is 4.18. The topological polar surface area (TPSA) is 90.3 Å². The van der Waals surface area contributed by atoms with Gasteiger partial charge in [-0.15, -0.1) is 0 Å². The van der Waals surface area contributed by atoms with E-state index < -0.39 is 52.6 Å². The van der Waals surface area contributed by atoms with Gasteiger partial charge in [-0.2, -0.15) is 14.4 Å². The van der Waals surface area contributed by atoms with Crippen molar-refractivity contribution in [2.45, 2.75) is 42.7 Å². The van der Waals surface area contributed by atoms with E-state index in [2.05, 4.69) is 5.10 Å². The maximum Gasteiger partial charge on any atom is 0.287 e. The lowest BCUT2D eigenvalue weighted by molar-refractivity contribution is -0.195. The minimum atomic E-state index is -3.85. The number of alkyl halides is 4. The molecule has 1 amide bonds. The summed E-state index contributed by atoms with van der Waals surface area (Å²) in [6, 6.07) is 5.51. The fraction of sp³-hybridized carbons (Fsp3) is 0.529. The zero-order chi connectivity index (χ0) is 22.3. The Morgan fingerprint density at radius 2 is 1.73 bits per heavy atom. The van der Waals surface area contributed by atoms with Crippen molar-refractivity contribution >= 4 is 33.2 Å². The first-order chi connectivity index (χ1) is 14.0. The SMILES string of the molecule is O=C(C1CCN(S(=O)(=O)c2ccc(Cl)cc2)CC1)N1N=C(C(F)F)C[C@]1(O)C(F)F. The normalized spacial score (nSPS) is 24.0. The van der Waals surface area contributed by atoms with Gasteiger partial charge in [0.25, 0.3) is 12.9 Å². The van der Waals surface area contributed by atoms with Gasteiger partial charge in [0.15, 0.2) is 0 Å². The van der Waals surface area contributed by atoms with Crippen molar-refractivity contribution in [3.63, 3.8) is 0 Å². The highest BCUT2D eigenvalue weighted by molar-refractivity contribution is 7.89. The number of carbonyl (C=O) groups excluding carboxylic acids is 1. The number of sulfonamides is 1. The maximum absolute atomic E-state index is 13.3. The van der Waals surface area contributed by atoms with Crippen molar-refractivity contribution in [1.29, 1.82) is 0 Å². The first-order valence-electron chi connectivity index (χ1n) is 8.92. The van der Waals surface area contributed by atoms with Crippen LogP contribution in [-0.2, 0) is 14.8 Å². The summed E-state index contributed by atoms with van der Waals surface area (Å²) in [6.07, 6.45) is -7.94. The molecule has 0 unspecified atom stereocenters. The average Bonchev–Trinajstić information content (AvgIpc) is 3.07. The van der Waals surface area contributed by atoms with E-state index in [1.807, 2.05) is 0 Å². The van der Waals surface area contributed by atoms with Crippen LogP contribution in [0.4, 0.5) is 17.6 Å². The van der Waals surface area contributed by atoms with E-state index >= 15 is 0 Å². The summed E-state index contributed by atoms with van der Waals surface area (Å²) in [7, 11) is -3.85. The molecule has 0 spiro atoms. The molecule has 0 bridgehead atoms. The number of aliphatic hydroxyl groups is 1. The Kier molecular flexibility index (Phi) is 6.42. The van der Waals surface area contributed by atoms with E-state index in [1.54, 1.807) is 0 Å². The number of nitrogens with zero attached hydrogens (tertiary/aromatic N) is 3. The van der Waals surface area contributed by atoms with Crippen LogP contribution in [0.25, 0.3) is 0 Å². The van der Waals surface area contributed by atoms with Crippen molar-refractivity contribution in [1.82, 2.24) is 9.31 Å². The Balaban J connectivity index is 1.72. The standard InChI is InChI=1S/C17H18ClF4N3O4S/c18-11-1-3-12(4-2-11)30(28,29)24-7-5-10(6-8-24)15(26)25-17(27,16(21)22)9-13(23-25)14(19)20/h1-4,10,14,16,27H,5-9H2/t17-/m0/s1. The van der Waals surface area contributed by atoms with Gasteiger partial charge < -0.3 is 5.11 Å². The Morgan fingerprint density at radius 3 is 2.23 bits per heavy atom. The molecule has 1 aromatic rings. The quantitative estimate of drug-likeness (QED) is 0.668. The number of hydrazone groups is 1. The van der Waals surface area contributed by atoms with E-state index in [9.17, 15) is 35.9 Å². The van der Waals surface area contributed by atoms with E-state index in [-0.39, 0.29) is 35.8 Å². The van der Waals surface area contributed by atoms with Crippen LogP contribution in [0.1, 0.15) is 19.3 Å². The summed E-state index contributed by atoms with van der Waals surface area (Å²) in [5.41, 5.74) is -4.15. The highest BCUT2D eigenvalue weighted by atomic mass is 35.5. The largest absolute Gasteiger partial charge is 0.364 e. The summed E-state index contributed by atoms with van der Waals surface area (Å²) in [5, 5.41) is 13.7. The highest BCUT2D eigenvalue weighted by Gasteiger charge is 2.54. The fourth-order valence-electron chi connectivity index (χ4n) is 3.39. The van der Waals surface area contributed by atoms with Crippen LogP contribution in [0, 0.1) is 5.92 Å². The Hall–Kier alpha value is -1.76. The fourth-order valence-corrected chi connectivity index (χ4v) is 4.99. The second-order valence-corrected chi connectivity index (χ2v) is 9.40. The summed E-state index contributed by atoms with van der Waals surface area (Å²) < 4.78 is 78.9. The molecule has 166 valence electrons. The van der Waals surface area contributed by atoms with Crippen molar-refractivity contribution in [3.05, 3.63) is 29.3 Å². The molecule has 2 aliphatic rings. The lowest BCUT2D eigenvalue weighted by Gasteiger charge is -2.35. The maximum atomic E-state index is 13.3. The summed E-state index contributed by atoms with van der Waals surface area (Å²) in [4.78, 5) is 12.7. The Labute approximate surface area is 175 Å². The molecule has 0 aliphatic carbocycles. The van der Waals surface area contributed by atoms with Crippen molar-refractivity contribution in [2.75, 3.05) is 13.1 Å². The molecule has 1 N–H and O–H groups in total. The van der Waals surface area contributed by atoms with Gasteiger partial charge in [0, 0.05) is 30.5 Å². The molecule has 1 atom stereocenters. The van der Waals surface area contributed by atoms with Crippen LogP contribution >= 0.6 is 11.6 Å². The van der Waals surface area contributed by atoms with Crippen LogP contribution in [0.3, 0.4) is 0 Å². The van der Waals surface area contributed by atoms with Gasteiger partial charge >= 0.3 is 0 Å². The summed E-state index contributed by atoms with van der Waals surface area (Å²) >= 11 is 5.76. The van der Waals surface area contributed by atoms with E-state index in [0.29, 0.717) is 5.02 Å². The van der Waals surface area contributed by atoms with Crippen LogP contribution in [0.5, 0.6) is 0 Å². The zero-order valence-electron chi connectivity index (χ0n) is 15.4. The van der Waals surface area contributed by atoms with Gasteiger partial charge in [0.2, 0.25) is 21.7 Å². The number of benzene rings is 1. The number of hydrogen-bond donors (Lipinski definition) is 1. The van der Waals surface area contributed by atoms with Gasteiger partial charge in [0.1, 0.15) is 5.71 Å². The second-order valence-electron chi connectivity index (χ2n) is 7.03. The molecular formula is C17H18ClF4N3O4S. The highest BCUT2D eigenvalue weighted by Crippen LogP contribution is 2.36. The number of piperidine rings is 1. The van der Waals surface area contributed by atoms with Crippen molar-refractivity contribution in [3.8, 4) is 0 Å². The Bertz CT molecular complexity index is 937. The number of amides is 1. The van der Waals surface area contributed by atoms with Crippen LogP contribution in [0.15, 0.2) is 34.3 Å². The van der Waals surface area contributed by atoms with E-state index in [0.717, 1.165) is 4.31 Å². The third-order valence-corrected chi connectivity index (χ3v) is 7.27. The summed E-state index contributed by atoms with van der Waals surface area (Å²) in [6.45, 7) is -0.179. The second kappa shape index (κ2) is 8.40. The molecule has 2 aliphatic heterocycles. The average molecular weight is 472 g/mol. The number of rotatable bonds is 5. The first-order valence-corrected chi connectivity index (χ1v) is 10.7. The molecule has 0 aromatic heterocycles. The third-order valence-electron chi connectivity index (χ3n) is 5.10. The monoisotopic (exact) mass is 471 g/mol. The van der Waals surface area contributed by atoms with Crippen LogP contribution in [0.2, 0.25) is 5.02 Å². The Morgan fingerprint density at radius 1 is 1.17 bits per heavy atom. The predicted octanol–water partition coefficient (Wildman–Crippen LogP) is 2.55. The molecule has 0 radical (unpaired) electrons. The molecule has 1 saturated heterocycles. The van der Waals surface area contributed by atoms with Crippen molar-refractivity contribution in [2.24, 2.45) is 11.0 Å². The molecule has 7 nitrogen and oxygen atoms in total. The minimum absolute atomic E-state index is 0.00877. The number of halogens is 5. The molecule has 1 fully saturated rings. The smallest absolute Gasteiger partial charge is 0.287 e. The van der Waals surface area contributed by atoms with Crippen LogP contribution < -0.4 is 0 Å². The molecule has 1 aromatic carbocycles. The first kappa shape index (κ1) is 22.9. The molecule has 0 saturated carbocycles. The van der Waals surface area contributed by atoms with Gasteiger partial charge in [-0.1, -0.05) is 11.6 Å². The lowest BCUT2D eigenvalue weighted by atomic mass is 9.96.